The third-order valence-corrected chi connectivity index (χ3v) is 2.00. The quantitative estimate of drug-likeness (QED) is 0.437. The van der Waals surface area contributed by atoms with Crippen molar-refractivity contribution in [2.24, 2.45) is 0 Å². The largest absolute Gasteiger partial charge is 0.381 e. The minimum atomic E-state index is -0.517. The Bertz CT molecular complexity index is 357. The van der Waals surface area contributed by atoms with Crippen molar-refractivity contribution >= 4 is 36.3 Å². The number of hydrogen-bond acceptors (Lipinski definition) is 3. The number of nitro benzene ring substituents is 1. The monoisotopic (exact) mass is 196 g/mol. The minimum Gasteiger partial charge on any atom is -0.381 e. The van der Waals surface area contributed by atoms with Crippen LogP contribution in [-0.4, -0.2) is 19.8 Å². The Balaban J connectivity index is 3.38. The van der Waals surface area contributed by atoms with E-state index in [0.717, 1.165) is 0 Å². The highest BCUT2D eigenvalue weighted by molar-refractivity contribution is 6.47. The first kappa shape index (κ1) is 9.86. The average molecular weight is 196 g/mol. The second-order valence-corrected chi connectivity index (χ2v) is 2.75. The normalized spacial score (nSPS) is 9.69. The Morgan fingerprint density at radius 2 is 2.23 bits per heavy atom. The molecular weight excluding hydrogens is 190 g/mol. The summed E-state index contributed by atoms with van der Waals surface area (Å²) < 4.78 is 0. The standard InChI is InChI=1S/C7H6BClN2O2/c1-10-7-5(11(12)13)3-2-4(8)6(7)9/h2-3,10H,1H3. The van der Waals surface area contributed by atoms with Crippen LogP contribution in [-0.2, 0) is 0 Å². The average Bonchev–Trinajstić information content (AvgIpc) is 2.09. The van der Waals surface area contributed by atoms with Gasteiger partial charge in [0.1, 0.15) is 13.5 Å². The van der Waals surface area contributed by atoms with Crippen molar-refractivity contribution in [3.8, 4) is 0 Å². The summed E-state index contributed by atoms with van der Waals surface area (Å²) in [5, 5.41) is 13.3. The Morgan fingerprint density at radius 1 is 1.62 bits per heavy atom. The molecular formula is C7H6BClN2O2. The number of nitro groups is 1. The van der Waals surface area contributed by atoms with Crippen LogP contribution in [0.15, 0.2) is 12.1 Å². The molecule has 2 radical (unpaired) electrons. The van der Waals surface area contributed by atoms with Gasteiger partial charge < -0.3 is 5.32 Å². The van der Waals surface area contributed by atoms with Gasteiger partial charge >= 0.3 is 0 Å². The van der Waals surface area contributed by atoms with Crippen LogP contribution in [0.1, 0.15) is 0 Å². The maximum atomic E-state index is 10.5. The maximum Gasteiger partial charge on any atom is 0.293 e. The molecule has 0 aliphatic rings. The maximum absolute atomic E-state index is 10.5. The molecule has 0 amide bonds. The third kappa shape index (κ3) is 1.75. The molecule has 0 heterocycles. The zero-order valence-electron chi connectivity index (χ0n) is 6.87. The molecule has 0 aromatic heterocycles. The number of benzene rings is 1. The summed E-state index contributed by atoms with van der Waals surface area (Å²) in [6.45, 7) is 0. The number of hydrogen-bond donors (Lipinski definition) is 1. The topological polar surface area (TPSA) is 55.2 Å². The van der Waals surface area contributed by atoms with E-state index < -0.39 is 4.92 Å². The van der Waals surface area contributed by atoms with Gasteiger partial charge in [-0.1, -0.05) is 23.1 Å². The number of halogens is 1. The Hall–Kier alpha value is -1.23. The van der Waals surface area contributed by atoms with Gasteiger partial charge in [-0.05, 0) is 0 Å². The minimum absolute atomic E-state index is 0.0818. The van der Waals surface area contributed by atoms with Crippen LogP contribution in [0.25, 0.3) is 0 Å². The summed E-state index contributed by atoms with van der Waals surface area (Å²) in [4.78, 5) is 9.99. The molecule has 13 heavy (non-hydrogen) atoms. The van der Waals surface area contributed by atoms with Crippen LogP contribution in [0.3, 0.4) is 0 Å². The molecule has 66 valence electrons. The lowest BCUT2D eigenvalue weighted by Crippen LogP contribution is -2.08. The summed E-state index contributed by atoms with van der Waals surface area (Å²) in [5.74, 6) is 0. The van der Waals surface area contributed by atoms with E-state index in [1.165, 1.54) is 12.1 Å². The fourth-order valence-electron chi connectivity index (χ4n) is 0.972. The van der Waals surface area contributed by atoms with E-state index in [9.17, 15) is 10.1 Å². The predicted molar refractivity (Wildman–Crippen MR) is 53.0 cm³/mol. The zero-order chi connectivity index (χ0) is 10.0. The van der Waals surface area contributed by atoms with Crippen molar-refractivity contribution in [3.05, 3.63) is 27.3 Å². The number of rotatable bonds is 2. The molecule has 4 nitrogen and oxygen atoms in total. The number of nitrogens with one attached hydrogen (secondary N) is 1. The second-order valence-electron chi connectivity index (χ2n) is 2.37. The Kier molecular flexibility index (Phi) is 2.77. The molecule has 0 spiro atoms. The molecule has 1 aromatic rings. The van der Waals surface area contributed by atoms with Crippen LogP contribution < -0.4 is 10.8 Å². The molecule has 0 atom stereocenters. The summed E-state index contributed by atoms with van der Waals surface area (Å²) >= 11 is 5.75. The van der Waals surface area contributed by atoms with Crippen molar-refractivity contribution in [2.45, 2.75) is 0 Å². The first-order valence-corrected chi connectivity index (χ1v) is 3.86. The van der Waals surface area contributed by atoms with Gasteiger partial charge in [0.25, 0.3) is 5.69 Å². The van der Waals surface area contributed by atoms with Gasteiger partial charge in [-0.3, -0.25) is 10.1 Å². The Morgan fingerprint density at radius 3 is 2.69 bits per heavy atom. The Labute approximate surface area is 81.5 Å². The third-order valence-electron chi connectivity index (χ3n) is 1.60. The molecule has 1 aromatic carbocycles. The van der Waals surface area contributed by atoms with Crippen LogP contribution in [0.5, 0.6) is 0 Å². The zero-order valence-corrected chi connectivity index (χ0v) is 7.63. The fourth-order valence-corrected chi connectivity index (χ4v) is 1.23. The number of anilines is 1. The molecule has 1 N–H and O–H groups in total. The molecule has 0 aliphatic carbocycles. The highest BCUT2D eigenvalue weighted by Gasteiger charge is 2.16. The van der Waals surface area contributed by atoms with E-state index in [2.05, 4.69) is 5.32 Å². The molecule has 0 unspecified atom stereocenters. The van der Waals surface area contributed by atoms with Gasteiger partial charge in [0.2, 0.25) is 0 Å². The SMILES string of the molecule is [B]c1ccc([N+](=O)[O-])c(NC)c1Cl. The summed E-state index contributed by atoms with van der Waals surface area (Å²) in [6, 6.07) is 2.72. The van der Waals surface area contributed by atoms with Crippen LogP contribution in [0.2, 0.25) is 5.02 Å². The molecule has 0 aliphatic heterocycles. The van der Waals surface area contributed by atoms with Gasteiger partial charge in [0.15, 0.2) is 0 Å². The van der Waals surface area contributed by atoms with E-state index in [1.807, 2.05) is 0 Å². The van der Waals surface area contributed by atoms with Gasteiger partial charge in [-0.25, -0.2) is 0 Å². The lowest BCUT2D eigenvalue weighted by atomic mass is 9.95. The summed E-state index contributed by atoms with van der Waals surface area (Å²) in [6.07, 6.45) is 0. The van der Waals surface area contributed by atoms with Gasteiger partial charge in [-0.2, -0.15) is 0 Å². The fraction of sp³-hybridized carbons (Fsp3) is 0.143. The molecule has 0 saturated carbocycles. The molecule has 0 fully saturated rings. The highest BCUT2D eigenvalue weighted by Crippen LogP contribution is 2.29. The van der Waals surface area contributed by atoms with Crippen molar-refractivity contribution < 1.29 is 4.92 Å². The highest BCUT2D eigenvalue weighted by atomic mass is 35.5. The van der Waals surface area contributed by atoms with Crippen LogP contribution in [0.4, 0.5) is 11.4 Å². The van der Waals surface area contributed by atoms with Gasteiger partial charge in [0.05, 0.1) is 9.95 Å². The lowest BCUT2D eigenvalue weighted by molar-refractivity contribution is -0.383. The van der Waals surface area contributed by atoms with Gasteiger partial charge in [0, 0.05) is 13.1 Å². The van der Waals surface area contributed by atoms with E-state index in [4.69, 9.17) is 19.4 Å². The van der Waals surface area contributed by atoms with Crippen LogP contribution in [0, 0.1) is 10.1 Å². The van der Waals surface area contributed by atoms with E-state index in [-0.39, 0.29) is 16.4 Å². The van der Waals surface area contributed by atoms with E-state index in [1.54, 1.807) is 7.05 Å². The molecule has 0 saturated heterocycles. The number of nitrogens with zero attached hydrogens (tertiary/aromatic N) is 1. The van der Waals surface area contributed by atoms with Crippen LogP contribution >= 0.6 is 11.6 Å². The predicted octanol–water partition coefficient (Wildman–Crippen LogP) is 1.08. The van der Waals surface area contributed by atoms with E-state index >= 15 is 0 Å². The van der Waals surface area contributed by atoms with Gasteiger partial charge in [-0.15, -0.1) is 0 Å². The molecule has 1 rings (SSSR count). The first-order valence-electron chi connectivity index (χ1n) is 3.48. The van der Waals surface area contributed by atoms with Crippen molar-refractivity contribution in [2.75, 3.05) is 12.4 Å². The molecule has 6 heteroatoms. The first-order chi connectivity index (χ1) is 6.07. The van der Waals surface area contributed by atoms with Crippen molar-refractivity contribution in [3.63, 3.8) is 0 Å². The summed E-state index contributed by atoms with van der Waals surface area (Å²) in [5.41, 5.74) is 0.477. The second kappa shape index (κ2) is 3.66. The van der Waals surface area contributed by atoms with Crippen molar-refractivity contribution in [1.82, 2.24) is 0 Å². The smallest absolute Gasteiger partial charge is 0.293 e. The van der Waals surface area contributed by atoms with Crippen molar-refractivity contribution in [1.29, 1.82) is 0 Å². The summed E-state index contributed by atoms with van der Waals surface area (Å²) in [7, 11) is 7.02. The molecule has 0 bridgehead atoms. The lowest BCUT2D eigenvalue weighted by Gasteiger charge is -2.06. The van der Waals surface area contributed by atoms with E-state index in [0.29, 0.717) is 5.46 Å².